The first-order chi connectivity index (χ1) is 7.79. The van der Waals surface area contributed by atoms with Crippen LogP contribution in [-0.2, 0) is 0 Å². The van der Waals surface area contributed by atoms with Gasteiger partial charge in [-0.15, -0.1) is 0 Å². The molecule has 2 aliphatic rings. The average Bonchev–Trinajstić information content (AvgIpc) is 2.36. The number of hydrogen-bond acceptors (Lipinski definition) is 1. The van der Waals surface area contributed by atoms with E-state index in [1.807, 2.05) is 12.1 Å². The molecule has 3 unspecified atom stereocenters. The molecule has 0 N–H and O–H groups in total. The molecule has 2 aliphatic carbocycles. The van der Waals surface area contributed by atoms with Gasteiger partial charge in [0.15, 0.2) is 5.78 Å². The molecule has 0 radical (unpaired) electrons. The van der Waals surface area contributed by atoms with Crippen LogP contribution < -0.4 is 0 Å². The van der Waals surface area contributed by atoms with Gasteiger partial charge in [-0.05, 0) is 24.3 Å². The van der Waals surface area contributed by atoms with E-state index in [4.69, 9.17) is 0 Å². The van der Waals surface area contributed by atoms with Crippen LogP contribution in [0, 0.1) is 11.8 Å². The van der Waals surface area contributed by atoms with E-state index in [0.29, 0.717) is 21.5 Å². The number of benzene rings is 1. The summed E-state index contributed by atoms with van der Waals surface area (Å²) in [5, 5.41) is 0. The number of fused-ring (bicyclic) bond motifs is 2. The Balaban J connectivity index is 2.09. The minimum Gasteiger partial charge on any atom is -0.294 e. The number of ketones is 1. The van der Waals surface area contributed by atoms with Gasteiger partial charge in [-0.3, -0.25) is 4.79 Å². The van der Waals surface area contributed by atoms with Crippen LogP contribution >= 0.6 is 22.6 Å². The molecule has 1 aromatic rings. The van der Waals surface area contributed by atoms with E-state index in [1.165, 1.54) is 24.8 Å². The zero-order chi connectivity index (χ0) is 11.1. The number of carbonyl (C=O) groups excluding carboxylic acids is 1. The van der Waals surface area contributed by atoms with Gasteiger partial charge in [0.25, 0.3) is 0 Å². The van der Waals surface area contributed by atoms with Gasteiger partial charge in [-0.25, -0.2) is 0 Å². The zero-order valence-corrected chi connectivity index (χ0v) is 11.3. The number of rotatable bonds is 0. The van der Waals surface area contributed by atoms with Crippen LogP contribution in [0.15, 0.2) is 24.3 Å². The van der Waals surface area contributed by atoms with Gasteiger partial charge in [0.05, 0.1) is 0 Å². The summed E-state index contributed by atoms with van der Waals surface area (Å²) in [7, 11) is 0. The lowest BCUT2D eigenvalue weighted by Crippen LogP contribution is -2.35. The molecule has 16 heavy (non-hydrogen) atoms. The molecule has 0 amide bonds. The molecule has 0 aromatic heterocycles. The number of Topliss-reactive ketones (excluding diaryl/α,β-unsaturated/α-hetero) is 1. The maximum atomic E-state index is 12.4. The van der Waals surface area contributed by atoms with Crippen molar-refractivity contribution in [1.29, 1.82) is 0 Å². The minimum absolute atomic E-state index is 0.311. The molecule has 2 heteroatoms. The lowest BCUT2D eigenvalue weighted by molar-refractivity contribution is 0.0802. The van der Waals surface area contributed by atoms with E-state index in [-0.39, 0.29) is 0 Å². The predicted octanol–water partition coefficient (Wildman–Crippen LogP) is 4.17. The summed E-state index contributed by atoms with van der Waals surface area (Å²) in [6.07, 6.45) is 4.88. The molecule has 84 valence electrons. The molecule has 3 atom stereocenters. The Morgan fingerprint density at radius 1 is 1.12 bits per heavy atom. The second kappa shape index (κ2) is 4.13. The summed E-state index contributed by atoms with van der Waals surface area (Å²) in [5.74, 6) is 1.32. The van der Waals surface area contributed by atoms with Gasteiger partial charge in [-0.1, -0.05) is 59.7 Å². The molecule has 1 aromatic carbocycles. The topological polar surface area (TPSA) is 17.1 Å². The first-order valence-electron chi connectivity index (χ1n) is 6.06. The molecule has 1 nitrogen and oxygen atoms in total. The third-order valence-corrected chi connectivity index (χ3v) is 5.65. The maximum absolute atomic E-state index is 12.4. The molecule has 0 bridgehead atoms. The summed E-state index contributed by atoms with van der Waals surface area (Å²) in [5.41, 5.74) is 2.27. The highest BCUT2D eigenvalue weighted by Crippen LogP contribution is 2.49. The number of carbonyl (C=O) groups is 1. The fourth-order valence-corrected chi connectivity index (χ4v) is 4.63. The third kappa shape index (κ3) is 1.53. The second-order valence-corrected chi connectivity index (χ2v) is 6.25. The monoisotopic (exact) mass is 326 g/mol. The van der Waals surface area contributed by atoms with Crippen LogP contribution in [-0.4, -0.2) is 5.78 Å². The first-order valence-corrected chi connectivity index (χ1v) is 7.31. The third-order valence-electron chi connectivity index (χ3n) is 4.06. The second-order valence-electron chi connectivity index (χ2n) is 4.91. The highest BCUT2D eigenvalue weighted by Gasteiger charge is 2.41. The Morgan fingerprint density at radius 3 is 2.75 bits per heavy atom. The molecule has 0 spiro atoms. The molecular weight excluding hydrogens is 311 g/mol. The van der Waals surface area contributed by atoms with Gasteiger partial charge in [0.2, 0.25) is 0 Å². The van der Waals surface area contributed by atoms with Gasteiger partial charge < -0.3 is 0 Å². The van der Waals surface area contributed by atoms with Crippen molar-refractivity contribution in [2.75, 3.05) is 0 Å². The Kier molecular flexibility index (Phi) is 2.78. The number of hydrogen-bond donors (Lipinski definition) is 0. The minimum atomic E-state index is 0.311. The average molecular weight is 326 g/mol. The summed E-state index contributed by atoms with van der Waals surface area (Å²) in [6.45, 7) is 0. The normalized spacial score (nSPS) is 33.1. The van der Waals surface area contributed by atoms with Crippen molar-refractivity contribution in [1.82, 2.24) is 0 Å². The van der Waals surface area contributed by atoms with Crippen molar-refractivity contribution >= 4 is 28.4 Å². The number of alkyl halides is 1. The fraction of sp³-hybridized carbons (Fsp3) is 0.500. The lowest BCUT2D eigenvalue weighted by Gasteiger charge is -2.38. The van der Waals surface area contributed by atoms with Crippen molar-refractivity contribution in [3.8, 4) is 0 Å². The standard InChI is InChI=1S/C14H15IO/c15-13-9-5-1-3-7-11(9)14(16)12-8-4-2-6-10(12)13/h1,3,5,7,10,12-13H,2,4,6,8H2. The first kappa shape index (κ1) is 10.8. The van der Waals surface area contributed by atoms with E-state index < -0.39 is 0 Å². The summed E-state index contributed by atoms with van der Waals surface area (Å²) < 4.78 is 0.539. The molecule has 1 saturated carbocycles. The fourth-order valence-electron chi connectivity index (χ4n) is 3.23. The smallest absolute Gasteiger partial charge is 0.166 e. The van der Waals surface area contributed by atoms with E-state index in [1.54, 1.807) is 0 Å². The molecule has 0 aliphatic heterocycles. The van der Waals surface area contributed by atoms with Crippen LogP contribution in [0.3, 0.4) is 0 Å². The highest BCUT2D eigenvalue weighted by atomic mass is 127. The van der Waals surface area contributed by atoms with Gasteiger partial charge in [-0.2, -0.15) is 0 Å². The largest absolute Gasteiger partial charge is 0.294 e. The van der Waals surface area contributed by atoms with E-state index in [2.05, 4.69) is 34.7 Å². The predicted molar refractivity (Wildman–Crippen MR) is 73.0 cm³/mol. The molecule has 3 rings (SSSR count). The quantitative estimate of drug-likeness (QED) is 0.517. The molecule has 1 fully saturated rings. The zero-order valence-electron chi connectivity index (χ0n) is 9.16. The van der Waals surface area contributed by atoms with Crippen molar-refractivity contribution in [2.45, 2.75) is 29.6 Å². The maximum Gasteiger partial charge on any atom is 0.166 e. The van der Waals surface area contributed by atoms with E-state index >= 15 is 0 Å². The van der Waals surface area contributed by atoms with Crippen LogP contribution in [0.2, 0.25) is 0 Å². The Hall–Kier alpha value is -0.380. The molecule has 0 heterocycles. The Labute approximate surface area is 110 Å². The highest BCUT2D eigenvalue weighted by molar-refractivity contribution is 14.1. The Bertz CT molecular complexity index is 426. The molecule has 0 saturated heterocycles. The van der Waals surface area contributed by atoms with E-state index in [9.17, 15) is 4.79 Å². The van der Waals surface area contributed by atoms with Crippen LogP contribution in [0.4, 0.5) is 0 Å². The lowest BCUT2D eigenvalue weighted by atomic mass is 9.68. The SMILES string of the molecule is O=C1c2ccccc2C(I)C2CCCCC12. The van der Waals surface area contributed by atoms with Crippen molar-refractivity contribution in [3.63, 3.8) is 0 Å². The van der Waals surface area contributed by atoms with Crippen molar-refractivity contribution in [3.05, 3.63) is 35.4 Å². The van der Waals surface area contributed by atoms with Crippen LogP contribution in [0.1, 0.15) is 45.5 Å². The summed E-state index contributed by atoms with van der Waals surface area (Å²) >= 11 is 2.54. The summed E-state index contributed by atoms with van der Waals surface area (Å²) in [6, 6.07) is 8.19. The summed E-state index contributed by atoms with van der Waals surface area (Å²) in [4.78, 5) is 12.4. The van der Waals surface area contributed by atoms with Crippen molar-refractivity contribution < 1.29 is 4.79 Å². The van der Waals surface area contributed by atoms with Gasteiger partial charge in [0.1, 0.15) is 0 Å². The van der Waals surface area contributed by atoms with Gasteiger partial charge >= 0.3 is 0 Å². The number of halogens is 1. The van der Waals surface area contributed by atoms with Crippen molar-refractivity contribution in [2.24, 2.45) is 11.8 Å². The molecular formula is C14H15IO. The van der Waals surface area contributed by atoms with Crippen LogP contribution in [0.25, 0.3) is 0 Å². The van der Waals surface area contributed by atoms with Crippen LogP contribution in [0.5, 0.6) is 0 Å². The van der Waals surface area contributed by atoms with E-state index in [0.717, 1.165) is 12.0 Å². The Morgan fingerprint density at radius 2 is 1.88 bits per heavy atom. The van der Waals surface area contributed by atoms with Gasteiger partial charge in [0, 0.05) is 15.4 Å².